The molecule has 1 aromatic carbocycles. The van der Waals surface area contributed by atoms with Gasteiger partial charge in [0, 0.05) is 5.56 Å². The first-order valence-corrected chi connectivity index (χ1v) is 7.88. The van der Waals surface area contributed by atoms with Gasteiger partial charge >= 0.3 is 5.97 Å². The van der Waals surface area contributed by atoms with Crippen molar-refractivity contribution in [2.24, 2.45) is 5.92 Å². The van der Waals surface area contributed by atoms with Crippen molar-refractivity contribution in [2.75, 3.05) is 13.4 Å². The highest BCUT2D eigenvalue weighted by molar-refractivity contribution is 5.97. The molecular weight excluding hydrogens is 298 g/mol. The third kappa shape index (κ3) is 4.61. The average Bonchev–Trinajstić information content (AvgIpc) is 2.98. The molecule has 0 saturated carbocycles. The SMILES string of the molecule is CCCOC(=O)[C@@H](CC(C)C)NC(=O)c1ccc2c(c1)OCO2. The van der Waals surface area contributed by atoms with Crippen LogP contribution in [0.2, 0.25) is 0 Å². The minimum atomic E-state index is -0.653. The van der Waals surface area contributed by atoms with Crippen molar-refractivity contribution in [3.63, 3.8) is 0 Å². The molecule has 0 aromatic heterocycles. The van der Waals surface area contributed by atoms with Gasteiger partial charge in [-0.15, -0.1) is 0 Å². The first-order chi connectivity index (χ1) is 11.0. The third-order valence-electron chi connectivity index (χ3n) is 3.38. The van der Waals surface area contributed by atoms with E-state index in [0.29, 0.717) is 30.1 Å². The van der Waals surface area contributed by atoms with E-state index in [9.17, 15) is 9.59 Å². The lowest BCUT2D eigenvalue weighted by Gasteiger charge is -2.19. The molecule has 0 spiro atoms. The van der Waals surface area contributed by atoms with Gasteiger partial charge in [0.2, 0.25) is 6.79 Å². The minimum Gasteiger partial charge on any atom is -0.464 e. The Kier molecular flexibility index (Phi) is 5.84. The van der Waals surface area contributed by atoms with Gasteiger partial charge in [0.1, 0.15) is 6.04 Å². The van der Waals surface area contributed by atoms with Crippen molar-refractivity contribution in [1.29, 1.82) is 0 Å². The van der Waals surface area contributed by atoms with Gasteiger partial charge in [-0.1, -0.05) is 20.8 Å². The molecule has 1 atom stereocenters. The summed E-state index contributed by atoms with van der Waals surface area (Å²) in [5.41, 5.74) is 0.422. The Hall–Kier alpha value is -2.24. The molecule has 1 aromatic rings. The van der Waals surface area contributed by atoms with E-state index in [2.05, 4.69) is 5.32 Å². The molecule has 0 unspecified atom stereocenters. The molecule has 6 nitrogen and oxygen atoms in total. The lowest BCUT2D eigenvalue weighted by molar-refractivity contribution is -0.146. The maximum absolute atomic E-state index is 12.4. The summed E-state index contributed by atoms with van der Waals surface area (Å²) < 4.78 is 15.7. The van der Waals surface area contributed by atoms with Crippen LogP contribution in [0, 0.1) is 5.92 Å². The standard InChI is InChI=1S/C17H23NO5/c1-4-7-21-17(20)13(8-11(2)3)18-16(19)12-5-6-14-15(9-12)23-10-22-14/h5-6,9,11,13H,4,7-8,10H2,1-3H3,(H,18,19)/t13-/m1/s1. The van der Waals surface area contributed by atoms with Crippen LogP contribution in [-0.4, -0.2) is 31.3 Å². The van der Waals surface area contributed by atoms with E-state index in [1.165, 1.54) is 0 Å². The van der Waals surface area contributed by atoms with Crippen LogP contribution in [0.15, 0.2) is 18.2 Å². The van der Waals surface area contributed by atoms with Crippen LogP contribution >= 0.6 is 0 Å². The number of esters is 1. The Bertz CT molecular complexity index is 570. The number of hydrogen-bond donors (Lipinski definition) is 1. The number of fused-ring (bicyclic) bond motifs is 1. The second kappa shape index (κ2) is 7.85. The van der Waals surface area contributed by atoms with E-state index in [1.54, 1.807) is 18.2 Å². The van der Waals surface area contributed by atoms with E-state index >= 15 is 0 Å². The van der Waals surface area contributed by atoms with Crippen molar-refractivity contribution in [3.8, 4) is 11.5 Å². The first kappa shape index (κ1) is 17.1. The number of benzene rings is 1. The van der Waals surface area contributed by atoms with Crippen molar-refractivity contribution in [3.05, 3.63) is 23.8 Å². The summed E-state index contributed by atoms with van der Waals surface area (Å²) in [5.74, 6) is 0.678. The van der Waals surface area contributed by atoms with Gasteiger partial charge in [0.15, 0.2) is 11.5 Å². The van der Waals surface area contributed by atoms with Crippen LogP contribution < -0.4 is 14.8 Å². The average molecular weight is 321 g/mol. The van der Waals surface area contributed by atoms with Gasteiger partial charge in [0.25, 0.3) is 5.91 Å². The van der Waals surface area contributed by atoms with Gasteiger partial charge < -0.3 is 19.5 Å². The summed E-state index contributed by atoms with van der Waals surface area (Å²) in [7, 11) is 0. The van der Waals surface area contributed by atoms with E-state index in [4.69, 9.17) is 14.2 Å². The monoisotopic (exact) mass is 321 g/mol. The van der Waals surface area contributed by atoms with E-state index < -0.39 is 12.0 Å². The highest BCUT2D eigenvalue weighted by atomic mass is 16.7. The number of ether oxygens (including phenoxy) is 3. The molecule has 1 aliphatic heterocycles. The zero-order chi connectivity index (χ0) is 16.8. The van der Waals surface area contributed by atoms with Gasteiger partial charge in [-0.25, -0.2) is 4.79 Å². The Morgan fingerprint density at radius 1 is 1.26 bits per heavy atom. The van der Waals surface area contributed by atoms with Gasteiger partial charge in [0.05, 0.1) is 6.61 Å². The summed E-state index contributed by atoms with van der Waals surface area (Å²) in [4.78, 5) is 24.5. The Morgan fingerprint density at radius 3 is 2.70 bits per heavy atom. The van der Waals surface area contributed by atoms with Crippen molar-refractivity contribution >= 4 is 11.9 Å². The van der Waals surface area contributed by atoms with E-state index in [-0.39, 0.29) is 18.6 Å². The molecule has 1 aliphatic rings. The Labute approximate surface area is 136 Å². The zero-order valence-corrected chi connectivity index (χ0v) is 13.8. The van der Waals surface area contributed by atoms with Gasteiger partial charge in [-0.2, -0.15) is 0 Å². The highest BCUT2D eigenvalue weighted by Gasteiger charge is 2.25. The molecule has 6 heteroatoms. The first-order valence-electron chi connectivity index (χ1n) is 7.88. The van der Waals surface area contributed by atoms with Crippen LogP contribution in [0.5, 0.6) is 11.5 Å². The fraction of sp³-hybridized carbons (Fsp3) is 0.529. The fourth-order valence-corrected chi connectivity index (χ4v) is 2.27. The molecule has 1 amide bonds. The zero-order valence-electron chi connectivity index (χ0n) is 13.8. The van der Waals surface area contributed by atoms with Crippen LogP contribution in [0.4, 0.5) is 0 Å². The van der Waals surface area contributed by atoms with Crippen LogP contribution in [-0.2, 0) is 9.53 Å². The van der Waals surface area contributed by atoms with Gasteiger partial charge in [-0.05, 0) is 37.0 Å². The smallest absolute Gasteiger partial charge is 0.328 e. The molecule has 0 radical (unpaired) electrons. The van der Waals surface area contributed by atoms with Crippen LogP contribution in [0.1, 0.15) is 44.0 Å². The summed E-state index contributed by atoms with van der Waals surface area (Å²) >= 11 is 0. The number of carbonyl (C=O) groups excluding carboxylic acids is 2. The molecule has 1 heterocycles. The molecule has 2 rings (SSSR count). The second-order valence-electron chi connectivity index (χ2n) is 5.89. The predicted octanol–water partition coefficient (Wildman–Crippen LogP) is 2.51. The normalized spacial score (nSPS) is 13.7. The summed E-state index contributed by atoms with van der Waals surface area (Å²) in [6.45, 7) is 6.42. The highest BCUT2D eigenvalue weighted by Crippen LogP contribution is 2.32. The molecule has 0 bridgehead atoms. The quantitative estimate of drug-likeness (QED) is 0.781. The lowest BCUT2D eigenvalue weighted by atomic mass is 10.0. The lowest BCUT2D eigenvalue weighted by Crippen LogP contribution is -2.42. The molecule has 23 heavy (non-hydrogen) atoms. The molecule has 1 N–H and O–H groups in total. The van der Waals surface area contributed by atoms with Crippen LogP contribution in [0.25, 0.3) is 0 Å². The summed E-state index contributed by atoms with van der Waals surface area (Å²) in [6.07, 6.45) is 1.27. The second-order valence-corrected chi connectivity index (χ2v) is 5.89. The van der Waals surface area contributed by atoms with Crippen molar-refractivity contribution < 1.29 is 23.8 Å². The largest absolute Gasteiger partial charge is 0.464 e. The number of rotatable bonds is 7. The summed E-state index contributed by atoms with van der Waals surface area (Å²) in [6, 6.07) is 4.29. The predicted molar refractivity (Wildman–Crippen MR) is 84.5 cm³/mol. The number of nitrogens with one attached hydrogen (secondary N) is 1. The molecule has 0 aliphatic carbocycles. The topological polar surface area (TPSA) is 73.9 Å². The molecule has 126 valence electrons. The Morgan fingerprint density at radius 2 is 2.00 bits per heavy atom. The van der Waals surface area contributed by atoms with E-state index in [1.807, 2.05) is 20.8 Å². The number of hydrogen-bond acceptors (Lipinski definition) is 5. The molecule has 0 fully saturated rings. The van der Waals surface area contributed by atoms with E-state index in [0.717, 1.165) is 6.42 Å². The van der Waals surface area contributed by atoms with Gasteiger partial charge in [-0.3, -0.25) is 4.79 Å². The maximum atomic E-state index is 12.4. The number of carbonyl (C=O) groups is 2. The third-order valence-corrected chi connectivity index (χ3v) is 3.38. The molecular formula is C17H23NO5. The van der Waals surface area contributed by atoms with Crippen LogP contribution in [0.3, 0.4) is 0 Å². The van der Waals surface area contributed by atoms with Crippen molar-refractivity contribution in [2.45, 2.75) is 39.7 Å². The summed E-state index contributed by atoms with van der Waals surface area (Å²) in [5, 5.41) is 2.75. The maximum Gasteiger partial charge on any atom is 0.328 e. The van der Waals surface area contributed by atoms with Crippen molar-refractivity contribution in [1.82, 2.24) is 5.32 Å². The Balaban J connectivity index is 2.05. The minimum absolute atomic E-state index is 0.153. The molecule has 0 saturated heterocycles. The fourth-order valence-electron chi connectivity index (χ4n) is 2.27. The number of amides is 1.